The van der Waals surface area contributed by atoms with Gasteiger partial charge in [-0.15, -0.1) is 0 Å². The van der Waals surface area contributed by atoms with E-state index < -0.39 is 12.1 Å². The fraction of sp³-hybridized carbons (Fsp3) is 0.476. The SMILES string of the molecule is COCCCN1C(C(=O)NCc2ccc(C)cc2)=CC2C(=O)N(C)C(=O)N(C)C21. The lowest BCUT2D eigenvalue weighted by molar-refractivity contribution is -0.137. The number of fused-ring (bicyclic) bond motifs is 1. The van der Waals surface area contributed by atoms with Crippen molar-refractivity contribution < 1.29 is 19.1 Å². The number of carbonyl (C=O) groups excluding carboxylic acids is 3. The van der Waals surface area contributed by atoms with E-state index in [4.69, 9.17) is 4.74 Å². The van der Waals surface area contributed by atoms with Gasteiger partial charge in [0.25, 0.3) is 5.91 Å². The van der Waals surface area contributed by atoms with Gasteiger partial charge >= 0.3 is 6.03 Å². The molecule has 1 aromatic rings. The minimum atomic E-state index is -0.564. The van der Waals surface area contributed by atoms with E-state index in [1.165, 1.54) is 11.9 Å². The van der Waals surface area contributed by atoms with Gasteiger partial charge in [0.2, 0.25) is 5.91 Å². The van der Waals surface area contributed by atoms with Crippen molar-refractivity contribution in [3.8, 4) is 0 Å². The van der Waals surface area contributed by atoms with Crippen LogP contribution in [0.2, 0.25) is 0 Å². The lowest BCUT2D eigenvalue weighted by Gasteiger charge is -2.43. The van der Waals surface area contributed by atoms with Crippen molar-refractivity contribution in [2.75, 3.05) is 34.4 Å². The normalized spacial score (nSPS) is 21.4. The smallest absolute Gasteiger partial charge is 0.327 e. The third-order valence-electron chi connectivity index (χ3n) is 5.44. The van der Waals surface area contributed by atoms with Crippen LogP contribution in [0.3, 0.4) is 0 Å². The van der Waals surface area contributed by atoms with Gasteiger partial charge in [0.15, 0.2) is 0 Å². The van der Waals surface area contributed by atoms with Crippen molar-refractivity contribution in [2.24, 2.45) is 5.92 Å². The summed E-state index contributed by atoms with van der Waals surface area (Å²) in [6, 6.07) is 7.57. The standard InChI is InChI=1S/C21H28N4O4/c1-14-6-8-15(9-7-14)13-22-18(26)17-12-16-19(25(17)10-5-11-29-4)23(2)21(28)24(3)20(16)27/h6-9,12,16,19H,5,10-11,13H2,1-4H3,(H,22,26). The molecule has 0 bridgehead atoms. The average Bonchev–Trinajstić information content (AvgIpc) is 3.10. The second-order valence-electron chi connectivity index (χ2n) is 7.49. The number of aryl methyl sites for hydroxylation is 1. The fourth-order valence-electron chi connectivity index (χ4n) is 3.82. The van der Waals surface area contributed by atoms with Crippen LogP contribution in [-0.2, 0) is 20.9 Å². The number of carbonyl (C=O) groups is 3. The summed E-state index contributed by atoms with van der Waals surface area (Å²) in [5.74, 6) is -1.12. The van der Waals surface area contributed by atoms with E-state index >= 15 is 0 Å². The van der Waals surface area contributed by atoms with Crippen molar-refractivity contribution in [2.45, 2.75) is 26.1 Å². The van der Waals surface area contributed by atoms with Gasteiger partial charge in [0.05, 0.1) is 5.92 Å². The quantitative estimate of drug-likeness (QED) is 0.698. The number of nitrogens with zero attached hydrogens (tertiary/aromatic N) is 3. The summed E-state index contributed by atoms with van der Waals surface area (Å²) in [6.45, 7) is 3.43. The first-order valence-corrected chi connectivity index (χ1v) is 9.70. The summed E-state index contributed by atoms with van der Waals surface area (Å²) in [4.78, 5) is 42.5. The molecule has 0 spiro atoms. The second-order valence-corrected chi connectivity index (χ2v) is 7.49. The van der Waals surface area contributed by atoms with Crippen LogP contribution in [0.5, 0.6) is 0 Å². The summed E-state index contributed by atoms with van der Waals surface area (Å²) >= 11 is 0. The molecule has 0 saturated carbocycles. The summed E-state index contributed by atoms with van der Waals surface area (Å²) in [5, 5.41) is 2.93. The summed E-state index contributed by atoms with van der Waals surface area (Å²) in [7, 11) is 4.75. The maximum absolute atomic E-state index is 13.0. The monoisotopic (exact) mass is 400 g/mol. The van der Waals surface area contributed by atoms with Crippen molar-refractivity contribution in [1.82, 2.24) is 20.0 Å². The number of urea groups is 1. The first-order chi connectivity index (χ1) is 13.8. The van der Waals surface area contributed by atoms with E-state index in [-0.39, 0.29) is 17.8 Å². The fourth-order valence-corrected chi connectivity index (χ4v) is 3.82. The van der Waals surface area contributed by atoms with E-state index in [2.05, 4.69) is 5.32 Å². The Kier molecular flexibility index (Phi) is 6.22. The Morgan fingerprint density at radius 2 is 1.86 bits per heavy atom. The van der Waals surface area contributed by atoms with Crippen molar-refractivity contribution in [3.05, 3.63) is 47.2 Å². The molecule has 1 saturated heterocycles. The largest absolute Gasteiger partial charge is 0.385 e. The van der Waals surface area contributed by atoms with E-state index in [1.807, 2.05) is 36.1 Å². The highest BCUT2D eigenvalue weighted by Gasteiger charge is 2.50. The Morgan fingerprint density at radius 3 is 2.52 bits per heavy atom. The number of methoxy groups -OCH3 is 1. The van der Waals surface area contributed by atoms with Crippen molar-refractivity contribution >= 4 is 17.8 Å². The number of amides is 4. The molecule has 0 aliphatic carbocycles. The zero-order chi connectivity index (χ0) is 21.1. The lowest BCUT2D eigenvalue weighted by atomic mass is 10.0. The Balaban J connectivity index is 1.79. The van der Waals surface area contributed by atoms with E-state index in [1.54, 1.807) is 20.2 Å². The third-order valence-corrected chi connectivity index (χ3v) is 5.44. The number of hydrogen-bond acceptors (Lipinski definition) is 5. The van der Waals surface area contributed by atoms with Crippen LogP contribution < -0.4 is 5.32 Å². The number of hydrogen-bond donors (Lipinski definition) is 1. The molecular weight excluding hydrogens is 372 g/mol. The molecule has 2 aliphatic heterocycles. The second kappa shape index (κ2) is 8.65. The lowest BCUT2D eigenvalue weighted by Crippen LogP contribution is -2.62. The van der Waals surface area contributed by atoms with E-state index in [9.17, 15) is 14.4 Å². The molecule has 1 fully saturated rings. The van der Waals surface area contributed by atoms with Gasteiger partial charge in [-0.05, 0) is 25.0 Å². The van der Waals surface area contributed by atoms with Crippen LogP contribution in [0.4, 0.5) is 4.79 Å². The number of ether oxygens (including phenoxy) is 1. The van der Waals surface area contributed by atoms with Crippen LogP contribution in [-0.4, -0.2) is 73.1 Å². The zero-order valence-corrected chi connectivity index (χ0v) is 17.3. The molecule has 8 nitrogen and oxygen atoms in total. The Labute approximate surface area is 171 Å². The minimum absolute atomic E-state index is 0.256. The Bertz CT molecular complexity index is 820. The van der Waals surface area contributed by atoms with Crippen LogP contribution in [0, 0.1) is 12.8 Å². The highest BCUT2D eigenvalue weighted by atomic mass is 16.5. The van der Waals surface area contributed by atoms with Crippen molar-refractivity contribution in [3.63, 3.8) is 0 Å². The van der Waals surface area contributed by atoms with Gasteiger partial charge in [-0.3, -0.25) is 14.5 Å². The molecule has 29 heavy (non-hydrogen) atoms. The molecule has 2 atom stereocenters. The summed E-state index contributed by atoms with van der Waals surface area (Å²) < 4.78 is 5.13. The number of benzene rings is 1. The molecule has 156 valence electrons. The molecule has 1 aromatic carbocycles. The van der Waals surface area contributed by atoms with Gasteiger partial charge in [-0.1, -0.05) is 29.8 Å². The highest BCUT2D eigenvalue weighted by molar-refractivity contribution is 6.02. The predicted octanol–water partition coefficient (Wildman–Crippen LogP) is 1.31. The molecule has 1 N–H and O–H groups in total. The highest BCUT2D eigenvalue weighted by Crippen LogP contribution is 2.34. The molecule has 4 amide bonds. The maximum Gasteiger partial charge on any atom is 0.327 e. The molecule has 3 rings (SSSR count). The Hall–Kier alpha value is -2.87. The summed E-state index contributed by atoms with van der Waals surface area (Å²) in [5.41, 5.74) is 2.57. The summed E-state index contributed by atoms with van der Waals surface area (Å²) in [6.07, 6.45) is 1.86. The molecule has 2 heterocycles. The van der Waals surface area contributed by atoms with Gasteiger partial charge in [0, 0.05) is 40.9 Å². The first-order valence-electron chi connectivity index (χ1n) is 9.70. The zero-order valence-electron chi connectivity index (χ0n) is 17.3. The maximum atomic E-state index is 13.0. The van der Waals surface area contributed by atoms with Gasteiger partial charge in [-0.2, -0.15) is 0 Å². The van der Waals surface area contributed by atoms with Gasteiger partial charge in [-0.25, -0.2) is 4.79 Å². The third kappa shape index (κ3) is 4.12. The number of imide groups is 1. The first kappa shape index (κ1) is 20.9. The van der Waals surface area contributed by atoms with E-state index in [0.717, 1.165) is 16.0 Å². The molecule has 2 aliphatic rings. The predicted molar refractivity (Wildman–Crippen MR) is 108 cm³/mol. The molecule has 8 heteroatoms. The molecule has 0 aromatic heterocycles. The van der Waals surface area contributed by atoms with Crippen LogP contribution >= 0.6 is 0 Å². The van der Waals surface area contributed by atoms with Crippen LogP contribution in [0.1, 0.15) is 17.5 Å². The van der Waals surface area contributed by atoms with Crippen molar-refractivity contribution in [1.29, 1.82) is 0 Å². The van der Waals surface area contributed by atoms with Crippen LogP contribution in [0.15, 0.2) is 36.0 Å². The minimum Gasteiger partial charge on any atom is -0.385 e. The molecule has 0 radical (unpaired) electrons. The van der Waals surface area contributed by atoms with Gasteiger partial charge < -0.3 is 19.9 Å². The topological polar surface area (TPSA) is 82.2 Å². The van der Waals surface area contributed by atoms with Gasteiger partial charge in [0.1, 0.15) is 11.9 Å². The molecular formula is C21H28N4O4. The van der Waals surface area contributed by atoms with E-state index in [0.29, 0.717) is 31.8 Å². The molecule has 2 unspecified atom stereocenters. The average molecular weight is 400 g/mol. The number of rotatable bonds is 7. The number of nitrogens with one attached hydrogen (secondary N) is 1. The van der Waals surface area contributed by atoms with Crippen LogP contribution in [0.25, 0.3) is 0 Å². The Morgan fingerprint density at radius 1 is 1.17 bits per heavy atom.